The van der Waals surface area contributed by atoms with Crippen molar-refractivity contribution >= 4 is 11.9 Å². The molecule has 0 saturated heterocycles. The number of allylic oxidation sites excluding steroid dienone is 1. The monoisotopic (exact) mass is 342 g/mol. The minimum absolute atomic E-state index is 0.167. The molecule has 0 heterocycles. The highest BCUT2D eigenvalue weighted by molar-refractivity contribution is 6.08. The first-order valence-electron chi connectivity index (χ1n) is 7.73. The number of hydrogen-bond acceptors (Lipinski definition) is 5. The van der Waals surface area contributed by atoms with E-state index in [1.165, 1.54) is 13.2 Å². The van der Waals surface area contributed by atoms with Gasteiger partial charge in [-0.25, -0.2) is 0 Å². The van der Waals surface area contributed by atoms with Crippen LogP contribution in [-0.4, -0.2) is 34.2 Å². The Morgan fingerprint density at radius 3 is 2.28 bits per heavy atom. The SMILES string of the molecule is COCc1cc(/C=C/C(=O)c2cc(OC)ccc2OC)ccc1OC. The van der Waals surface area contributed by atoms with E-state index in [0.717, 1.165) is 16.9 Å². The van der Waals surface area contributed by atoms with Crippen molar-refractivity contribution in [3.05, 3.63) is 59.2 Å². The Bertz CT molecular complexity index is 765. The molecular formula is C20H22O5. The maximum absolute atomic E-state index is 12.5. The van der Waals surface area contributed by atoms with E-state index in [-0.39, 0.29) is 5.78 Å². The maximum Gasteiger partial charge on any atom is 0.189 e. The van der Waals surface area contributed by atoms with Crippen molar-refractivity contribution in [2.45, 2.75) is 6.61 Å². The summed E-state index contributed by atoms with van der Waals surface area (Å²) in [5, 5.41) is 0. The summed E-state index contributed by atoms with van der Waals surface area (Å²) in [4.78, 5) is 12.5. The molecule has 5 heteroatoms. The first-order valence-corrected chi connectivity index (χ1v) is 7.73. The molecule has 2 aromatic rings. The largest absolute Gasteiger partial charge is 0.497 e. The zero-order valence-corrected chi connectivity index (χ0v) is 14.9. The molecule has 0 aliphatic heterocycles. The highest BCUT2D eigenvalue weighted by atomic mass is 16.5. The van der Waals surface area contributed by atoms with E-state index >= 15 is 0 Å². The van der Waals surface area contributed by atoms with Crippen LogP contribution in [0.25, 0.3) is 6.08 Å². The molecule has 0 N–H and O–H groups in total. The molecule has 0 radical (unpaired) electrons. The molecule has 0 aliphatic carbocycles. The topological polar surface area (TPSA) is 54.0 Å². The van der Waals surface area contributed by atoms with E-state index in [0.29, 0.717) is 23.7 Å². The summed E-state index contributed by atoms with van der Waals surface area (Å²) in [6, 6.07) is 10.8. The van der Waals surface area contributed by atoms with Gasteiger partial charge in [0.05, 0.1) is 33.5 Å². The summed E-state index contributed by atoms with van der Waals surface area (Å²) >= 11 is 0. The molecule has 0 amide bonds. The van der Waals surface area contributed by atoms with E-state index in [1.54, 1.807) is 45.6 Å². The van der Waals surface area contributed by atoms with Gasteiger partial charge in [-0.1, -0.05) is 12.1 Å². The molecule has 2 rings (SSSR count). The number of carbonyl (C=O) groups is 1. The predicted molar refractivity (Wildman–Crippen MR) is 96.6 cm³/mol. The van der Waals surface area contributed by atoms with Gasteiger partial charge in [-0.15, -0.1) is 0 Å². The van der Waals surface area contributed by atoms with Crippen LogP contribution < -0.4 is 14.2 Å². The van der Waals surface area contributed by atoms with Gasteiger partial charge in [-0.2, -0.15) is 0 Å². The van der Waals surface area contributed by atoms with E-state index in [4.69, 9.17) is 18.9 Å². The summed E-state index contributed by atoms with van der Waals surface area (Å²) in [6.07, 6.45) is 3.26. The van der Waals surface area contributed by atoms with Gasteiger partial charge in [-0.05, 0) is 42.0 Å². The molecule has 0 bridgehead atoms. The van der Waals surface area contributed by atoms with Crippen molar-refractivity contribution in [3.63, 3.8) is 0 Å². The number of benzene rings is 2. The molecule has 0 unspecified atom stereocenters. The number of carbonyl (C=O) groups excluding carboxylic acids is 1. The zero-order chi connectivity index (χ0) is 18.2. The number of rotatable bonds is 8. The summed E-state index contributed by atoms with van der Waals surface area (Å²) in [6.45, 7) is 0.433. The lowest BCUT2D eigenvalue weighted by Gasteiger charge is -2.09. The Morgan fingerprint density at radius 2 is 1.64 bits per heavy atom. The van der Waals surface area contributed by atoms with Crippen LogP contribution in [0.5, 0.6) is 17.2 Å². The number of ether oxygens (including phenoxy) is 4. The first kappa shape index (κ1) is 18.5. The Hall–Kier alpha value is -2.79. The minimum Gasteiger partial charge on any atom is -0.497 e. The molecule has 25 heavy (non-hydrogen) atoms. The quantitative estimate of drug-likeness (QED) is 0.540. The Labute approximate surface area is 147 Å². The lowest BCUT2D eigenvalue weighted by molar-refractivity contribution is 0.104. The Kier molecular flexibility index (Phi) is 6.60. The van der Waals surface area contributed by atoms with Crippen LogP contribution in [0.15, 0.2) is 42.5 Å². The van der Waals surface area contributed by atoms with E-state index in [9.17, 15) is 4.79 Å². The van der Waals surface area contributed by atoms with Gasteiger partial charge in [0.1, 0.15) is 17.2 Å². The van der Waals surface area contributed by atoms with Crippen molar-refractivity contribution < 1.29 is 23.7 Å². The van der Waals surface area contributed by atoms with Crippen molar-refractivity contribution in [2.75, 3.05) is 28.4 Å². The van der Waals surface area contributed by atoms with Crippen LogP contribution in [-0.2, 0) is 11.3 Å². The van der Waals surface area contributed by atoms with Gasteiger partial charge in [0, 0.05) is 12.7 Å². The van der Waals surface area contributed by atoms with Crippen LogP contribution >= 0.6 is 0 Å². The van der Waals surface area contributed by atoms with Crippen LogP contribution in [0.4, 0.5) is 0 Å². The summed E-state index contributed by atoms with van der Waals surface area (Å²) in [5.74, 6) is 1.69. The van der Waals surface area contributed by atoms with Gasteiger partial charge < -0.3 is 18.9 Å². The van der Waals surface area contributed by atoms with Crippen molar-refractivity contribution in [1.82, 2.24) is 0 Å². The fraction of sp³-hybridized carbons (Fsp3) is 0.250. The molecule has 5 nitrogen and oxygen atoms in total. The molecule has 0 aliphatic rings. The minimum atomic E-state index is -0.167. The number of hydrogen-bond donors (Lipinski definition) is 0. The van der Waals surface area contributed by atoms with Gasteiger partial charge in [0.15, 0.2) is 5.78 Å². The normalized spacial score (nSPS) is 10.7. The van der Waals surface area contributed by atoms with Crippen molar-refractivity contribution in [3.8, 4) is 17.2 Å². The van der Waals surface area contributed by atoms with E-state index < -0.39 is 0 Å². The third kappa shape index (κ3) is 4.61. The van der Waals surface area contributed by atoms with Crippen molar-refractivity contribution in [1.29, 1.82) is 0 Å². The molecule has 2 aromatic carbocycles. The van der Waals surface area contributed by atoms with Crippen LogP contribution in [0.2, 0.25) is 0 Å². The second-order valence-electron chi connectivity index (χ2n) is 5.27. The average Bonchev–Trinajstić information content (AvgIpc) is 2.66. The fourth-order valence-corrected chi connectivity index (χ4v) is 2.44. The van der Waals surface area contributed by atoms with Crippen LogP contribution in [0, 0.1) is 0 Å². The van der Waals surface area contributed by atoms with Gasteiger partial charge in [-0.3, -0.25) is 4.79 Å². The molecular weight excluding hydrogens is 320 g/mol. The molecule has 0 fully saturated rings. The predicted octanol–water partition coefficient (Wildman–Crippen LogP) is 3.75. The smallest absolute Gasteiger partial charge is 0.189 e. The van der Waals surface area contributed by atoms with E-state index in [1.807, 2.05) is 18.2 Å². The van der Waals surface area contributed by atoms with Gasteiger partial charge >= 0.3 is 0 Å². The maximum atomic E-state index is 12.5. The Balaban J connectivity index is 2.27. The third-order valence-corrected chi connectivity index (χ3v) is 3.70. The average molecular weight is 342 g/mol. The first-order chi connectivity index (χ1) is 12.1. The lowest BCUT2D eigenvalue weighted by atomic mass is 10.1. The zero-order valence-electron chi connectivity index (χ0n) is 14.9. The standard InChI is InChI=1S/C20H22O5/c1-22-13-15-11-14(6-9-19(15)24-3)5-8-18(21)17-12-16(23-2)7-10-20(17)25-4/h5-12H,13H2,1-4H3/b8-5+. The molecule has 0 aromatic heterocycles. The van der Waals surface area contributed by atoms with Crippen molar-refractivity contribution in [2.24, 2.45) is 0 Å². The van der Waals surface area contributed by atoms with Crippen LogP contribution in [0.3, 0.4) is 0 Å². The second kappa shape index (κ2) is 8.89. The summed E-state index contributed by atoms with van der Waals surface area (Å²) < 4.78 is 20.9. The number of methoxy groups -OCH3 is 4. The molecule has 0 spiro atoms. The summed E-state index contributed by atoms with van der Waals surface area (Å²) in [5.41, 5.74) is 2.24. The van der Waals surface area contributed by atoms with Gasteiger partial charge in [0.25, 0.3) is 0 Å². The summed E-state index contributed by atoms with van der Waals surface area (Å²) in [7, 11) is 6.33. The highest BCUT2D eigenvalue weighted by Gasteiger charge is 2.11. The molecule has 132 valence electrons. The number of ketones is 1. The Morgan fingerprint density at radius 1 is 0.920 bits per heavy atom. The van der Waals surface area contributed by atoms with Crippen LogP contribution in [0.1, 0.15) is 21.5 Å². The fourth-order valence-electron chi connectivity index (χ4n) is 2.44. The lowest BCUT2D eigenvalue weighted by Crippen LogP contribution is -2.00. The van der Waals surface area contributed by atoms with Gasteiger partial charge in [0.2, 0.25) is 0 Å². The molecule has 0 atom stereocenters. The third-order valence-electron chi connectivity index (χ3n) is 3.70. The second-order valence-corrected chi connectivity index (χ2v) is 5.27. The van der Waals surface area contributed by atoms with E-state index in [2.05, 4.69) is 0 Å². The molecule has 0 saturated carbocycles. The highest BCUT2D eigenvalue weighted by Crippen LogP contribution is 2.25.